The van der Waals surface area contributed by atoms with Gasteiger partial charge in [0.15, 0.2) is 0 Å². The number of pyridine rings is 1. The average molecular weight is 366 g/mol. The van der Waals surface area contributed by atoms with Crippen LogP contribution in [0, 0.1) is 11.8 Å². The second-order valence-electron chi connectivity index (χ2n) is 7.29. The topological polar surface area (TPSA) is 79.7 Å². The number of ether oxygens (including phenoxy) is 1. The van der Waals surface area contributed by atoms with Crippen LogP contribution in [0.15, 0.2) is 42.7 Å². The van der Waals surface area contributed by atoms with E-state index in [9.17, 15) is 14.7 Å². The molecule has 2 aliphatic rings. The summed E-state index contributed by atoms with van der Waals surface area (Å²) in [5.74, 6) is -0.0273. The number of benzene rings is 1. The number of carboxylic acids is 1. The van der Waals surface area contributed by atoms with E-state index in [4.69, 9.17) is 4.74 Å². The minimum absolute atomic E-state index is 0.0733. The molecular weight excluding hydrogens is 344 g/mol. The van der Waals surface area contributed by atoms with Crippen molar-refractivity contribution in [2.45, 2.75) is 25.3 Å². The molecule has 0 unspecified atom stereocenters. The van der Waals surface area contributed by atoms with Crippen LogP contribution in [0.5, 0.6) is 5.75 Å². The van der Waals surface area contributed by atoms with E-state index >= 15 is 0 Å². The normalized spacial score (nSPS) is 23.9. The Kier molecular flexibility index (Phi) is 4.56. The summed E-state index contributed by atoms with van der Waals surface area (Å²) in [4.78, 5) is 30.6. The van der Waals surface area contributed by atoms with Gasteiger partial charge in [0.2, 0.25) is 0 Å². The molecule has 1 aliphatic carbocycles. The second kappa shape index (κ2) is 7.02. The molecule has 27 heavy (non-hydrogen) atoms. The fraction of sp³-hybridized carbons (Fsp3) is 0.381. The van der Waals surface area contributed by atoms with Gasteiger partial charge < -0.3 is 14.7 Å². The Labute approximate surface area is 157 Å². The number of carboxylic acid groups (broad SMARTS) is 1. The van der Waals surface area contributed by atoms with E-state index in [2.05, 4.69) is 4.98 Å². The van der Waals surface area contributed by atoms with Crippen LogP contribution in [0.2, 0.25) is 0 Å². The first-order valence-electron chi connectivity index (χ1n) is 9.21. The van der Waals surface area contributed by atoms with Gasteiger partial charge in [-0.25, -0.2) is 4.79 Å². The van der Waals surface area contributed by atoms with E-state index < -0.39 is 12.0 Å². The highest BCUT2D eigenvalue weighted by Gasteiger charge is 2.49. The van der Waals surface area contributed by atoms with E-state index in [1.807, 2.05) is 24.3 Å². The van der Waals surface area contributed by atoms with Gasteiger partial charge in [0.25, 0.3) is 5.91 Å². The number of carbonyl (C=O) groups is 2. The van der Waals surface area contributed by atoms with Crippen LogP contribution in [-0.2, 0) is 4.79 Å². The van der Waals surface area contributed by atoms with Crippen molar-refractivity contribution in [3.8, 4) is 16.9 Å². The second-order valence-corrected chi connectivity index (χ2v) is 7.29. The molecule has 6 heteroatoms. The van der Waals surface area contributed by atoms with Crippen molar-refractivity contribution >= 4 is 11.9 Å². The molecule has 0 bridgehead atoms. The highest BCUT2D eigenvalue weighted by Crippen LogP contribution is 2.42. The van der Waals surface area contributed by atoms with Gasteiger partial charge in [0, 0.05) is 24.5 Å². The van der Waals surface area contributed by atoms with Crippen molar-refractivity contribution < 1.29 is 19.4 Å². The Balaban J connectivity index is 1.61. The summed E-state index contributed by atoms with van der Waals surface area (Å²) in [6, 6.07) is 8.58. The predicted octanol–water partition coefficient (Wildman–Crippen LogP) is 3.08. The molecule has 1 aliphatic heterocycles. The molecule has 2 fully saturated rings. The molecule has 6 nitrogen and oxygen atoms in total. The van der Waals surface area contributed by atoms with Crippen molar-refractivity contribution in [1.82, 2.24) is 9.88 Å². The number of carbonyl (C=O) groups excluding carboxylic acids is 1. The zero-order valence-electron chi connectivity index (χ0n) is 15.2. The van der Waals surface area contributed by atoms with Gasteiger partial charge in [-0.15, -0.1) is 0 Å². The molecule has 0 spiro atoms. The molecule has 1 saturated carbocycles. The Morgan fingerprint density at radius 2 is 1.93 bits per heavy atom. The van der Waals surface area contributed by atoms with Crippen LogP contribution >= 0.6 is 0 Å². The monoisotopic (exact) mass is 366 g/mol. The summed E-state index contributed by atoms with van der Waals surface area (Å²) in [7, 11) is 1.61. The van der Waals surface area contributed by atoms with E-state index in [0.717, 1.165) is 36.1 Å². The number of likely N-dealkylation sites (tertiary alicyclic amines) is 1. The van der Waals surface area contributed by atoms with Crippen molar-refractivity contribution in [3.05, 3.63) is 48.3 Å². The number of methoxy groups -OCH3 is 1. The lowest BCUT2D eigenvalue weighted by Gasteiger charge is -2.24. The highest BCUT2D eigenvalue weighted by atomic mass is 16.5. The molecule has 1 N–H and O–H groups in total. The van der Waals surface area contributed by atoms with Gasteiger partial charge in [0.1, 0.15) is 11.8 Å². The minimum Gasteiger partial charge on any atom is -0.497 e. The van der Waals surface area contributed by atoms with Crippen LogP contribution in [0.3, 0.4) is 0 Å². The van der Waals surface area contributed by atoms with Crippen LogP contribution in [0.4, 0.5) is 0 Å². The van der Waals surface area contributed by atoms with Gasteiger partial charge >= 0.3 is 5.97 Å². The fourth-order valence-corrected chi connectivity index (χ4v) is 4.49. The van der Waals surface area contributed by atoms with Crippen LogP contribution < -0.4 is 4.74 Å². The third-order valence-electron chi connectivity index (χ3n) is 5.81. The van der Waals surface area contributed by atoms with E-state index in [0.29, 0.717) is 18.0 Å². The van der Waals surface area contributed by atoms with Crippen molar-refractivity contribution in [2.75, 3.05) is 13.7 Å². The summed E-state index contributed by atoms with van der Waals surface area (Å²) in [5, 5.41) is 9.69. The number of hydrogen-bond acceptors (Lipinski definition) is 4. The standard InChI is InChI=1S/C21H22N2O4/c1-27-17-7-5-13(6-8-17)15-9-16(11-22-10-15)20(24)23-12-14-3-2-4-18(14)19(23)21(25)26/h5-11,14,18-19H,2-4,12H2,1H3,(H,25,26)/t14-,18+,19+/m0/s1. The maximum atomic E-state index is 13.1. The van der Waals surface area contributed by atoms with Crippen molar-refractivity contribution in [3.63, 3.8) is 0 Å². The largest absolute Gasteiger partial charge is 0.497 e. The average Bonchev–Trinajstić information content (AvgIpc) is 3.28. The predicted molar refractivity (Wildman–Crippen MR) is 99.5 cm³/mol. The Morgan fingerprint density at radius 1 is 1.15 bits per heavy atom. The molecule has 2 heterocycles. The molecule has 0 radical (unpaired) electrons. The Hall–Kier alpha value is -2.89. The Bertz CT molecular complexity index is 865. The zero-order valence-corrected chi connectivity index (χ0v) is 15.2. The maximum Gasteiger partial charge on any atom is 0.326 e. The number of amides is 1. The minimum atomic E-state index is -0.906. The van der Waals surface area contributed by atoms with Crippen LogP contribution in [0.25, 0.3) is 11.1 Å². The molecular formula is C21H22N2O4. The smallest absolute Gasteiger partial charge is 0.326 e. The number of hydrogen-bond donors (Lipinski definition) is 1. The Morgan fingerprint density at radius 3 is 2.63 bits per heavy atom. The molecule has 1 saturated heterocycles. The van der Waals surface area contributed by atoms with E-state index in [1.54, 1.807) is 19.4 Å². The quantitative estimate of drug-likeness (QED) is 0.899. The summed E-state index contributed by atoms with van der Waals surface area (Å²) >= 11 is 0. The zero-order chi connectivity index (χ0) is 19.0. The lowest BCUT2D eigenvalue weighted by Crippen LogP contribution is -2.43. The first-order valence-corrected chi connectivity index (χ1v) is 9.21. The van der Waals surface area contributed by atoms with E-state index in [1.165, 1.54) is 11.1 Å². The summed E-state index contributed by atoms with van der Waals surface area (Å²) < 4.78 is 5.17. The van der Waals surface area contributed by atoms with Crippen LogP contribution in [-0.4, -0.2) is 46.6 Å². The molecule has 140 valence electrons. The van der Waals surface area contributed by atoms with Gasteiger partial charge in [0.05, 0.1) is 12.7 Å². The van der Waals surface area contributed by atoms with Crippen molar-refractivity contribution in [2.24, 2.45) is 11.8 Å². The van der Waals surface area contributed by atoms with Gasteiger partial charge in [-0.2, -0.15) is 0 Å². The van der Waals surface area contributed by atoms with Gasteiger partial charge in [-0.1, -0.05) is 18.6 Å². The molecule has 3 atom stereocenters. The third-order valence-corrected chi connectivity index (χ3v) is 5.81. The summed E-state index contributed by atoms with van der Waals surface area (Å²) in [6.07, 6.45) is 6.15. The van der Waals surface area contributed by atoms with E-state index in [-0.39, 0.29) is 11.8 Å². The highest BCUT2D eigenvalue weighted by molar-refractivity contribution is 5.97. The first-order chi connectivity index (χ1) is 13.1. The van der Waals surface area contributed by atoms with Gasteiger partial charge in [-0.3, -0.25) is 9.78 Å². The lowest BCUT2D eigenvalue weighted by atomic mass is 9.94. The SMILES string of the molecule is COc1ccc(-c2cncc(C(=O)N3C[C@@H]4CCC[C@H]4[C@@H]3C(=O)O)c2)cc1. The van der Waals surface area contributed by atoms with Gasteiger partial charge in [-0.05, 0) is 48.4 Å². The summed E-state index contributed by atoms with van der Waals surface area (Å²) in [5.41, 5.74) is 2.16. The van der Waals surface area contributed by atoms with Crippen LogP contribution in [0.1, 0.15) is 29.6 Å². The molecule has 2 aromatic rings. The number of fused-ring (bicyclic) bond motifs is 1. The third kappa shape index (κ3) is 3.16. The molecule has 1 aromatic carbocycles. The number of aliphatic carboxylic acids is 1. The summed E-state index contributed by atoms with van der Waals surface area (Å²) in [6.45, 7) is 0.521. The number of aromatic nitrogens is 1. The lowest BCUT2D eigenvalue weighted by molar-refractivity contribution is -0.142. The fourth-order valence-electron chi connectivity index (χ4n) is 4.49. The number of rotatable bonds is 4. The maximum absolute atomic E-state index is 13.1. The van der Waals surface area contributed by atoms with Crippen molar-refractivity contribution in [1.29, 1.82) is 0 Å². The molecule has 1 amide bonds. The first kappa shape index (κ1) is 17.5. The molecule has 1 aromatic heterocycles. The molecule has 4 rings (SSSR count). The number of nitrogens with zero attached hydrogens (tertiary/aromatic N) is 2.